The molecule has 0 aliphatic heterocycles. The Balaban J connectivity index is 2.64. The summed E-state index contributed by atoms with van der Waals surface area (Å²) in [5.74, 6) is 0. The Bertz CT molecular complexity index is 550. The number of hydrogen-bond acceptors (Lipinski definition) is 1. The SMILES string of the molecule is Cc1ccc(-n2c(C)cc(CN)c2C)c(C)c1. The molecule has 0 atom stereocenters. The first kappa shape index (κ1) is 11.9. The third-order valence-electron chi connectivity index (χ3n) is 3.35. The van der Waals surface area contributed by atoms with Crippen molar-refractivity contribution in [3.8, 4) is 5.69 Å². The summed E-state index contributed by atoms with van der Waals surface area (Å²) < 4.78 is 2.29. The monoisotopic (exact) mass is 228 g/mol. The van der Waals surface area contributed by atoms with Crippen molar-refractivity contribution in [3.63, 3.8) is 0 Å². The molecule has 1 aromatic heterocycles. The molecule has 90 valence electrons. The number of benzene rings is 1. The molecule has 0 aliphatic rings. The maximum atomic E-state index is 5.76. The van der Waals surface area contributed by atoms with Crippen LogP contribution in [0.1, 0.15) is 28.1 Å². The Kier molecular flexibility index (Phi) is 3.07. The zero-order valence-corrected chi connectivity index (χ0v) is 11.0. The highest BCUT2D eigenvalue weighted by molar-refractivity contribution is 5.47. The van der Waals surface area contributed by atoms with E-state index in [1.807, 2.05) is 0 Å². The molecule has 0 saturated carbocycles. The number of aryl methyl sites for hydroxylation is 3. The van der Waals surface area contributed by atoms with Crippen LogP contribution < -0.4 is 5.73 Å². The predicted octanol–water partition coefficient (Wildman–Crippen LogP) is 3.17. The van der Waals surface area contributed by atoms with E-state index in [-0.39, 0.29) is 0 Å². The molecule has 2 N–H and O–H groups in total. The van der Waals surface area contributed by atoms with E-state index in [4.69, 9.17) is 5.73 Å². The number of nitrogens with zero attached hydrogens (tertiary/aromatic N) is 1. The molecule has 1 heterocycles. The van der Waals surface area contributed by atoms with Gasteiger partial charge in [0.05, 0.1) is 0 Å². The molecular formula is C15H20N2. The molecule has 0 radical (unpaired) electrons. The molecule has 0 bridgehead atoms. The smallest absolute Gasteiger partial charge is 0.0484 e. The summed E-state index contributed by atoms with van der Waals surface area (Å²) in [4.78, 5) is 0. The zero-order valence-electron chi connectivity index (χ0n) is 11.0. The van der Waals surface area contributed by atoms with Gasteiger partial charge in [0.25, 0.3) is 0 Å². The summed E-state index contributed by atoms with van der Waals surface area (Å²) in [6.07, 6.45) is 0. The second-order valence-corrected chi connectivity index (χ2v) is 4.73. The molecule has 2 nitrogen and oxygen atoms in total. The quantitative estimate of drug-likeness (QED) is 0.841. The van der Waals surface area contributed by atoms with Crippen molar-refractivity contribution in [2.75, 3.05) is 0 Å². The van der Waals surface area contributed by atoms with Crippen molar-refractivity contribution in [3.05, 3.63) is 52.3 Å². The number of hydrogen-bond donors (Lipinski definition) is 1. The Morgan fingerprint density at radius 1 is 1.06 bits per heavy atom. The van der Waals surface area contributed by atoms with E-state index >= 15 is 0 Å². The van der Waals surface area contributed by atoms with Gasteiger partial charge in [-0.1, -0.05) is 17.7 Å². The van der Waals surface area contributed by atoms with Crippen LogP contribution in [0.5, 0.6) is 0 Å². The summed E-state index contributed by atoms with van der Waals surface area (Å²) in [6.45, 7) is 9.14. The van der Waals surface area contributed by atoms with Crippen molar-refractivity contribution in [2.45, 2.75) is 34.2 Å². The lowest BCUT2D eigenvalue weighted by atomic mass is 10.1. The fraction of sp³-hybridized carbons (Fsp3) is 0.333. The molecule has 0 fully saturated rings. The molecule has 0 unspecified atom stereocenters. The first-order valence-corrected chi connectivity index (χ1v) is 6.00. The normalized spacial score (nSPS) is 10.9. The Hall–Kier alpha value is -1.54. The second kappa shape index (κ2) is 4.38. The lowest BCUT2D eigenvalue weighted by Gasteiger charge is -2.13. The summed E-state index contributed by atoms with van der Waals surface area (Å²) in [6, 6.07) is 8.74. The van der Waals surface area contributed by atoms with Gasteiger partial charge in [0.1, 0.15) is 0 Å². The van der Waals surface area contributed by atoms with Crippen LogP contribution in [0.25, 0.3) is 5.69 Å². The zero-order chi connectivity index (χ0) is 12.6. The summed E-state index contributed by atoms with van der Waals surface area (Å²) in [5.41, 5.74) is 13.3. The third kappa shape index (κ3) is 2.01. The van der Waals surface area contributed by atoms with Crippen LogP contribution in [0.2, 0.25) is 0 Å². The maximum absolute atomic E-state index is 5.76. The molecule has 2 rings (SSSR count). The summed E-state index contributed by atoms with van der Waals surface area (Å²) >= 11 is 0. The van der Waals surface area contributed by atoms with Crippen LogP contribution in [-0.4, -0.2) is 4.57 Å². The van der Waals surface area contributed by atoms with Gasteiger partial charge in [-0.25, -0.2) is 0 Å². The molecule has 1 aromatic carbocycles. The highest BCUT2D eigenvalue weighted by atomic mass is 15.0. The van der Waals surface area contributed by atoms with Gasteiger partial charge in [-0.05, 0) is 51.0 Å². The largest absolute Gasteiger partial charge is 0.326 e. The topological polar surface area (TPSA) is 30.9 Å². The third-order valence-corrected chi connectivity index (χ3v) is 3.35. The van der Waals surface area contributed by atoms with Gasteiger partial charge in [0, 0.05) is 23.6 Å². The average Bonchev–Trinajstić information content (AvgIpc) is 2.55. The molecule has 0 aliphatic carbocycles. The molecule has 2 aromatic rings. The van der Waals surface area contributed by atoms with Gasteiger partial charge in [-0.2, -0.15) is 0 Å². The molecule has 2 heteroatoms. The fourth-order valence-electron chi connectivity index (χ4n) is 2.46. The van der Waals surface area contributed by atoms with E-state index in [1.165, 1.54) is 33.8 Å². The minimum Gasteiger partial charge on any atom is -0.326 e. The van der Waals surface area contributed by atoms with E-state index in [2.05, 4.69) is 56.5 Å². The van der Waals surface area contributed by atoms with Crippen LogP contribution in [0, 0.1) is 27.7 Å². The van der Waals surface area contributed by atoms with Crippen LogP contribution in [0.4, 0.5) is 0 Å². The van der Waals surface area contributed by atoms with Gasteiger partial charge in [-0.15, -0.1) is 0 Å². The molecule has 0 spiro atoms. The van der Waals surface area contributed by atoms with Gasteiger partial charge < -0.3 is 10.3 Å². The van der Waals surface area contributed by atoms with Crippen molar-refractivity contribution < 1.29 is 0 Å². The van der Waals surface area contributed by atoms with Crippen LogP contribution >= 0.6 is 0 Å². The van der Waals surface area contributed by atoms with Crippen molar-refractivity contribution in [1.29, 1.82) is 0 Å². The minimum atomic E-state index is 0.602. The van der Waals surface area contributed by atoms with E-state index in [9.17, 15) is 0 Å². The van der Waals surface area contributed by atoms with Crippen LogP contribution in [-0.2, 0) is 6.54 Å². The highest BCUT2D eigenvalue weighted by Crippen LogP contribution is 2.23. The van der Waals surface area contributed by atoms with Crippen LogP contribution in [0.15, 0.2) is 24.3 Å². The van der Waals surface area contributed by atoms with Crippen molar-refractivity contribution in [1.82, 2.24) is 4.57 Å². The van der Waals surface area contributed by atoms with Gasteiger partial charge in [-0.3, -0.25) is 0 Å². The average molecular weight is 228 g/mol. The summed E-state index contributed by atoms with van der Waals surface area (Å²) in [7, 11) is 0. The van der Waals surface area contributed by atoms with E-state index in [0.717, 1.165) is 0 Å². The molecule has 17 heavy (non-hydrogen) atoms. The number of aromatic nitrogens is 1. The standard InChI is InChI=1S/C15H20N2/c1-10-5-6-15(11(2)7-10)17-12(3)8-14(9-16)13(17)4/h5-8H,9,16H2,1-4H3. The summed E-state index contributed by atoms with van der Waals surface area (Å²) in [5, 5.41) is 0. The number of nitrogens with two attached hydrogens (primary N) is 1. The first-order valence-electron chi connectivity index (χ1n) is 6.00. The second-order valence-electron chi connectivity index (χ2n) is 4.73. The minimum absolute atomic E-state index is 0.602. The Labute approximate surface area is 103 Å². The lowest BCUT2D eigenvalue weighted by Crippen LogP contribution is -2.03. The Morgan fingerprint density at radius 3 is 2.29 bits per heavy atom. The highest BCUT2D eigenvalue weighted by Gasteiger charge is 2.10. The number of rotatable bonds is 2. The van der Waals surface area contributed by atoms with E-state index in [1.54, 1.807) is 0 Å². The predicted molar refractivity (Wildman–Crippen MR) is 72.6 cm³/mol. The molecule has 0 amide bonds. The first-order chi connectivity index (χ1) is 8.04. The van der Waals surface area contributed by atoms with Gasteiger partial charge >= 0.3 is 0 Å². The fourth-order valence-corrected chi connectivity index (χ4v) is 2.46. The molecule has 0 saturated heterocycles. The Morgan fingerprint density at radius 2 is 1.76 bits per heavy atom. The van der Waals surface area contributed by atoms with Crippen molar-refractivity contribution >= 4 is 0 Å². The van der Waals surface area contributed by atoms with Gasteiger partial charge in [0.2, 0.25) is 0 Å². The van der Waals surface area contributed by atoms with E-state index < -0.39 is 0 Å². The lowest BCUT2D eigenvalue weighted by molar-refractivity contribution is 0.933. The van der Waals surface area contributed by atoms with Crippen molar-refractivity contribution in [2.24, 2.45) is 5.73 Å². The van der Waals surface area contributed by atoms with E-state index in [0.29, 0.717) is 6.54 Å². The van der Waals surface area contributed by atoms with Crippen LogP contribution in [0.3, 0.4) is 0 Å². The molecular weight excluding hydrogens is 208 g/mol. The maximum Gasteiger partial charge on any atom is 0.0484 e. The van der Waals surface area contributed by atoms with Gasteiger partial charge in [0.15, 0.2) is 0 Å².